The van der Waals surface area contributed by atoms with Gasteiger partial charge in [0.2, 0.25) is 11.9 Å². The number of nitrogens with one attached hydrogen (secondary N) is 1. The minimum Gasteiger partial charge on any atom is -0.396 e. The summed E-state index contributed by atoms with van der Waals surface area (Å²) in [5, 5.41) is 11.7. The van der Waals surface area contributed by atoms with Gasteiger partial charge in [-0.15, -0.1) is 0 Å². The first-order chi connectivity index (χ1) is 14.1. The molecule has 3 heterocycles. The quantitative estimate of drug-likeness (QED) is 0.736. The van der Waals surface area contributed by atoms with Crippen LogP contribution in [0.1, 0.15) is 35.2 Å². The van der Waals surface area contributed by atoms with Crippen LogP contribution >= 0.6 is 0 Å². The molecule has 0 saturated carbocycles. The molecule has 2 amide bonds. The first kappa shape index (κ1) is 19.3. The maximum Gasteiger partial charge on any atom is 0.251 e. The van der Waals surface area contributed by atoms with Crippen LogP contribution in [0.2, 0.25) is 0 Å². The van der Waals surface area contributed by atoms with Gasteiger partial charge in [-0.2, -0.15) is 0 Å². The van der Waals surface area contributed by atoms with Crippen LogP contribution < -0.4 is 15.1 Å². The number of likely N-dealkylation sites (N-methyl/N-ethyl adjacent to an activating group) is 1. The summed E-state index contributed by atoms with van der Waals surface area (Å²) in [6, 6.07) is 7.26. The maximum absolute atomic E-state index is 13.2. The van der Waals surface area contributed by atoms with Gasteiger partial charge < -0.3 is 20.2 Å². The zero-order chi connectivity index (χ0) is 20.4. The highest BCUT2D eigenvalue weighted by Crippen LogP contribution is 2.48. The lowest BCUT2D eigenvalue weighted by Crippen LogP contribution is -2.48. The van der Waals surface area contributed by atoms with E-state index in [0.29, 0.717) is 50.4 Å². The standard InChI is InChI=1S/C21H25N5O3/c1-25-17-5-4-15(18(28)22-10-3-13-27)14-16(17)21(19(25)29)6-11-26(12-7-21)20-23-8-2-9-24-20/h2,4-5,8-9,14,27H,3,6-7,10-13H2,1H3,(H,22,28). The maximum atomic E-state index is 13.2. The fourth-order valence-electron chi connectivity index (χ4n) is 4.31. The minimum atomic E-state index is -0.614. The lowest BCUT2D eigenvalue weighted by Gasteiger charge is -2.38. The van der Waals surface area contributed by atoms with E-state index >= 15 is 0 Å². The third kappa shape index (κ3) is 3.33. The Kier molecular flexibility index (Phi) is 5.19. The Morgan fingerprint density at radius 1 is 1.24 bits per heavy atom. The van der Waals surface area contributed by atoms with Gasteiger partial charge in [-0.25, -0.2) is 9.97 Å². The predicted molar refractivity (Wildman–Crippen MR) is 109 cm³/mol. The summed E-state index contributed by atoms with van der Waals surface area (Å²) in [4.78, 5) is 38.1. The summed E-state index contributed by atoms with van der Waals surface area (Å²) in [5.74, 6) is 0.575. The largest absolute Gasteiger partial charge is 0.396 e. The summed E-state index contributed by atoms with van der Waals surface area (Å²) in [6.07, 6.45) is 5.25. The van der Waals surface area contributed by atoms with Gasteiger partial charge in [0.1, 0.15) is 0 Å². The number of aliphatic hydroxyl groups is 1. The van der Waals surface area contributed by atoms with Gasteiger partial charge in [0.05, 0.1) is 5.41 Å². The average Bonchev–Trinajstić information content (AvgIpc) is 2.97. The van der Waals surface area contributed by atoms with Crippen molar-refractivity contribution in [2.45, 2.75) is 24.7 Å². The monoisotopic (exact) mass is 395 g/mol. The molecule has 1 fully saturated rings. The molecule has 0 atom stereocenters. The molecule has 2 aliphatic heterocycles. The number of aliphatic hydroxyl groups excluding tert-OH is 1. The lowest BCUT2D eigenvalue weighted by molar-refractivity contribution is -0.123. The van der Waals surface area contributed by atoms with Crippen molar-refractivity contribution in [2.75, 3.05) is 43.1 Å². The number of carbonyl (C=O) groups is 2. The van der Waals surface area contributed by atoms with Crippen LogP contribution in [0, 0.1) is 0 Å². The van der Waals surface area contributed by atoms with E-state index in [4.69, 9.17) is 5.11 Å². The van der Waals surface area contributed by atoms with Gasteiger partial charge in [-0.05, 0) is 49.1 Å². The SMILES string of the molecule is CN1C(=O)C2(CCN(c3ncccn3)CC2)c2cc(C(=O)NCCCO)ccc21. The molecule has 1 spiro atoms. The van der Waals surface area contributed by atoms with Crippen molar-refractivity contribution in [3.8, 4) is 0 Å². The Balaban J connectivity index is 1.59. The molecule has 29 heavy (non-hydrogen) atoms. The van der Waals surface area contributed by atoms with E-state index in [-0.39, 0.29) is 18.4 Å². The van der Waals surface area contributed by atoms with Crippen molar-refractivity contribution < 1.29 is 14.7 Å². The second kappa shape index (κ2) is 7.79. The van der Waals surface area contributed by atoms with Crippen LogP contribution in [0.3, 0.4) is 0 Å². The smallest absolute Gasteiger partial charge is 0.251 e. The molecule has 4 rings (SSSR count). The Hall–Kier alpha value is -3.00. The third-order valence-electron chi connectivity index (χ3n) is 5.92. The van der Waals surface area contributed by atoms with Gasteiger partial charge in [0.15, 0.2) is 0 Å². The average molecular weight is 395 g/mol. The van der Waals surface area contributed by atoms with Crippen LogP contribution in [0.5, 0.6) is 0 Å². The van der Waals surface area contributed by atoms with Gasteiger partial charge in [-0.3, -0.25) is 9.59 Å². The number of carbonyl (C=O) groups excluding carboxylic acids is 2. The molecule has 152 valence electrons. The molecular formula is C21H25N5O3. The fraction of sp³-hybridized carbons (Fsp3) is 0.429. The number of hydrogen-bond donors (Lipinski definition) is 2. The Morgan fingerprint density at radius 3 is 2.66 bits per heavy atom. The van der Waals surface area contributed by atoms with Crippen LogP contribution in [0.4, 0.5) is 11.6 Å². The second-order valence-electron chi connectivity index (χ2n) is 7.55. The van der Waals surface area contributed by atoms with Crippen molar-refractivity contribution in [1.29, 1.82) is 0 Å². The normalized spacial score (nSPS) is 17.5. The van der Waals surface area contributed by atoms with Gasteiger partial charge in [-0.1, -0.05) is 0 Å². The molecule has 0 unspecified atom stereocenters. The van der Waals surface area contributed by atoms with E-state index in [1.165, 1.54) is 0 Å². The number of nitrogens with zero attached hydrogens (tertiary/aromatic N) is 4. The number of aromatic nitrogens is 2. The number of anilines is 2. The summed E-state index contributed by atoms with van der Waals surface area (Å²) in [6.45, 7) is 1.81. The molecular weight excluding hydrogens is 370 g/mol. The molecule has 0 radical (unpaired) electrons. The van der Waals surface area contributed by atoms with E-state index in [1.54, 1.807) is 36.5 Å². The van der Waals surface area contributed by atoms with Crippen molar-refractivity contribution in [2.24, 2.45) is 0 Å². The van der Waals surface area contributed by atoms with Gasteiger partial charge in [0.25, 0.3) is 5.91 Å². The van der Waals surface area contributed by atoms with Gasteiger partial charge in [0, 0.05) is 56.9 Å². The number of hydrogen-bond acceptors (Lipinski definition) is 6. The first-order valence-corrected chi connectivity index (χ1v) is 9.90. The Morgan fingerprint density at radius 2 is 1.97 bits per heavy atom. The number of amides is 2. The van der Waals surface area contributed by atoms with E-state index in [0.717, 1.165) is 11.3 Å². The van der Waals surface area contributed by atoms with Crippen LogP contribution in [-0.4, -0.2) is 60.2 Å². The molecule has 0 aliphatic carbocycles. The Bertz CT molecular complexity index is 910. The highest BCUT2D eigenvalue weighted by Gasteiger charge is 2.51. The molecule has 1 aromatic heterocycles. The summed E-state index contributed by atoms with van der Waals surface area (Å²) >= 11 is 0. The predicted octanol–water partition coefficient (Wildman–Crippen LogP) is 1.10. The van der Waals surface area contributed by atoms with Crippen molar-refractivity contribution in [3.63, 3.8) is 0 Å². The number of piperidine rings is 1. The highest BCUT2D eigenvalue weighted by atomic mass is 16.3. The fourth-order valence-corrected chi connectivity index (χ4v) is 4.31. The number of rotatable bonds is 5. The zero-order valence-electron chi connectivity index (χ0n) is 16.5. The molecule has 8 nitrogen and oxygen atoms in total. The third-order valence-corrected chi connectivity index (χ3v) is 5.92. The number of fused-ring (bicyclic) bond motifs is 2. The molecule has 8 heteroatoms. The summed E-state index contributed by atoms with van der Waals surface area (Å²) < 4.78 is 0. The van der Waals surface area contributed by atoms with Crippen molar-refractivity contribution >= 4 is 23.5 Å². The highest BCUT2D eigenvalue weighted by molar-refractivity contribution is 6.09. The van der Waals surface area contributed by atoms with E-state index in [1.807, 2.05) is 12.1 Å². The molecule has 2 N–H and O–H groups in total. The van der Waals surface area contributed by atoms with E-state index in [2.05, 4.69) is 20.2 Å². The first-order valence-electron chi connectivity index (χ1n) is 9.90. The lowest BCUT2D eigenvalue weighted by atomic mass is 9.73. The molecule has 2 aliphatic rings. The Labute approximate surface area is 169 Å². The van der Waals surface area contributed by atoms with Crippen LogP contribution in [-0.2, 0) is 10.2 Å². The summed E-state index contributed by atoms with van der Waals surface area (Å²) in [5.41, 5.74) is 1.72. The molecule has 0 bridgehead atoms. The van der Waals surface area contributed by atoms with E-state index < -0.39 is 5.41 Å². The van der Waals surface area contributed by atoms with Crippen molar-refractivity contribution in [3.05, 3.63) is 47.8 Å². The summed E-state index contributed by atoms with van der Waals surface area (Å²) in [7, 11) is 1.80. The topological polar surface area (TPSA) is 98.7 Å². The molecule has 1 aromatic carbocycles. The van der Waals surface area contributed by atoms with E-state index in [9.17, 15) is 9.59 Å². The van der Waals surface area contributed by atoms with Crippen LogP contribution in [0.25, 0.3) is 0 Å². The van der Waals surface area contributed by atoms with Gasteiger partial charge >= 0.3 is 0 Å². The number of benzene rings is 1. The van der Waals surface area contributed by atoms with Crippen molar-refractivity contribution in [1.82, 2.24) is 15.3 Å². The minimum absolute atomic E-state index is 0.0362. The van der Waals surface area contributed by atoms with Crippen LogP contribution in [0.15, 0.2) is 36.7 Å². The molecule has 1 saturated heterocycles. The second-order valence-corrected chi connectivity index (χ2v) is 7.55. The zero-order valence-corrected chi connectivity index (χ0v) is 16.5. The molecule has 2 aromatic rings.